The van der Waals surface area contributed by atoms with Gasteiger partial charge in [-0.15, -0.1) is 11.3 Å². The Hall–Kier alpha value is -1.92. The van der Waals surface area contributed by atoms with E-state index in [9.17, 15) is 4.79 Å². The summed E-state index contributed by atoms with van der Waals surface area (Å²) < 4.78 is 5.37. The molecule has 21 heavy (non-hydrogen) atoms. The first kappa shape index (κ1) is 14.0. The molecule has 3 rings (SSSR count). The van der Waals surface area contributed by atoms with Crippen LogP contribution in [0.1, 0.15) is 17.3 Å². The van der Waals surface area contributed by atoms with Crippen molar-refractivity contribution >= 4 is 22.9 Å². The molecule has 6 heteroatoms. The van der Waals surface area contributed by atoms with Gasteiger partial charge in [-0.3, -0.25) is 4.79 Å². The standard InChI is InChI=1S/C15H17N3O2S/c1-15(20-2)8-18(9-15)14(19)10-3-4-12(16)11(7-10)13-17-5-6-21-13/h3-7H,8-9,16H2,1-2H3. The lowest BCUT2D eigenvalue weighted by atomic mass is 9.95. The predicted molar refractivity (Wildman–Crippen MR) is 83.3 cm³/mol. The molecule has 0 saturated carbocycles. The van der Waals surface area contributed by atoms with Crippen molar-refractivity contribution in [3.05, 3.63) is 35.3 Å². The van der Waals surface area contributed by atoms with E-state index in [0.717, 1.165) is 10.6 Å². The molecule has 0 atom stereocenters. The van der Waals surface area contributed by atoms with Crippen LogP contribution in [0.2, 0.25) is 0 Å². The zero-order valence-electron chi connectivity index (χ0n) is 12.0. The van der Waals surface area contributed by atoms with Gasteiger partial charge in [0.1, 0.15) is 10.6 Å². The smallest absolute Gasteiger partial charge is 0.254 e. The Morgan fingerprint density at radius 2 is 2.24 bits per heavy atom. The maximum Gasteiger partial charge on any atom is 0.254 e. The Labute approximate surface area is 127 Å². The highest BCUT2D eigenvalue weighted by Gasteiger charge is 2.41. The molecule has 1 aliphatic rings. The predicted octanol–water partition coefficient (Wildman–Crippen LogP) is 2.25. The van der Waals surface area contributed by atoms with Crippen LogP contribution in [-0.2, 0) is 4.74 Å². The number of nitrogen functional groups attached to an aromatic ring is 1. The summed E-state index contributed by atoms with van der Waals surface area (Å²) in [6.45, 7) is 3.22. The lowest BCUT2D eigenvalue weighted by Crippen LogP contribution is -2.62. The van der Waals surface area contributed by atoms with E-state index >= 15 is 0 Å². The minimum atomic E-state index is -0.221. The molecular formula is C15H17N3O2S. The average molecular weight is 303 g/mol. The summed E-state index contributed by atoms with van der Waals surface area (Å²) in [7, 11) is 1.67. The van der Waals surface area contributed by atoms with Gasteiger partial charge in [0.2, 0.25) is 0 Å². The number of anilines is 1. The van der Waals surface area contributed by atoms with Gasteiger partial charge in [-0.1, -0.05) is 0 Å². The fourth-order valence-electron chi connectivity index (χ4n) is 2.45. The fraction of sp³-hybridized carbons (Fsp3) is 0.333. The molecule has 110 valence electrons. The van der Waals surface area contributed by atoms with Crippen molar-refractivity contribution in [3.63, 3.8) is 0 Å². The first-order valence-corrected chi connectivity index (χ1v) is 7.54. The first-order valence-electron chi connectivity index (χ1n) is 6.66. The number of benzene rings is 1. The summed E-state index contributed by atoms with van der Waals surface area (Å²) in [5.41, 5.74) is 7.84. The molecule has 0 unspecified atom stereocenters. The molecule has 1 aliphatic heterocycles. The summed E-state index contributed by atoms with van der Waals surface area (Å²) >= 11 is 1.51. The van der Waals surface area contributed by atoms with Crippen LogP contribution in [0.4, 0.5) is 5.69 Å². The van der Waals surface area contributed by atoms with Gasteiger partial charge in [-0.25, -0.2) is 4.98 Å². The Kier molecular flexibility index (Phi) is 3.43. The lowest BCUT2D eigenvalue weighted by Gasteiger charge is -2.46. The molecule has 0 aliphatic carbocycles. The van der Waals surface area contributed by atoms with Gasteiger partial charge < -0.3 is 15.4 Å². The van der Waals surface area contributed by atoms with Crippen molar-refractivity contribution in [1.82, 2.24) is 9.88 Å². The summed E-state index contributed by atoms with van der Waals surface area (Å²) in [6.07, 6.45) is 1.73. The van der Waals surface area contributed by atoms with Gasteiger partial charge in [0.15, 0.2) is 0 Å². The SMILES string of the molecule is COC1(C)CN(C(=O)c2ccc(N)c(-c3nccs3)c2)C1. The molecule has 1 aromatic carbocycles. The minimum Gasteiger partial charge on any atom is -0.398 e. The van der Waals surface area contributed by atoms with Crippen molar-refractivity contribution in [1.29, 1.82) is 0 Å². The normalized spacial score (nSPS) is 16.6. The Balaban J connectivity index is 1.84. The van der Waals surface area contributed by atoms with E-state index in [1.165, 1.54) is 11.3 Å². The number of hydrogen-bond donors (Lipinski definition) is 1. The molecule has 0 radical (unpaired) electrons. The average Bonchev–Trinajstić information content (AvgIpc) is 2.97. The molecule has 1 saturated heterocycles. The number of ether oxygens (including phenoxy) is 1. The van der Waals surface area contributed by atoms with Crippen LogP contribution in [-0.4, -0.2) is 41.6 Å². The summed E-state index contributed by atoms with van der Waals surface area (Å²) in [5.74, 6) is 0.00216. The number of hydrogen-bond acceptors (Lipinski definition) is 5. The van der Waals surface area contributed by atoms with E-state index in [1.54, 1.807) is 30.3 Å². The number of nitrogens with zero attached hydrogens (tertiary/aromatic N) is 2. The van der Waals surface area contributed by atoms with E-state index in [-0.39, 0.29) is 11.5 Å². The van der Waals surface area contributed by atoms with Gasteiger partial charge in [0.05, 0.1) is 13.1 Å². The number of aromatic nitrogens is 1. The summed E-state index contributed by atoms with van der Waals surface area (Å²) in [6, 6.07) is 5.34. The van der Waals surface area contributed by atoms with Crippen LogP contribution in [0.25, 0.3) is 10.6 Å². The summed E-state index contributed by atoms with van der Waals surface area (Å²) in [4.78, 5) is 18.5. The van der Waals surface area contributed by atoms with Crippen LogP contribution >= 0.6 is 11.3 Å². The molecule has 0 spiro atoms. The van der Waals surface area contributed by atoms with Crippen LogP contribution in [0.15, 0.2) is 29.8 Å². The highest BCUT2D eigenvalue weighted by atomic mass is 32.1. The van der Waals surface area contributed by atoms with E-state index in [4.69, 9.17) is 10.5 Å². The van der Waals surface area contributed by atoms with Crippen LogP contribution in [0.5, 0.6) is 0 Å². The van der Waals surface area contributed by atoms with Gasteiger partial charge >= 0.3 is 0 Å². The van der Waals surface area contributed by atoms with Crippen molar-refractivity contribution < 1.29 is 9.53 Å². The molecule has 2 aromatic rings. The highest BCUT2D eigenvalue weighted by molar-refractivity contribution is 7.13. The largest absolute Gasteiger partial charge is 0.398 e. The Morgan fingerprint density at radius 1 is 1.48 bits per heavy atom. The second kappa shape index (κ2) is 5.13. The van der Waals surface area contributed by atoms with Gasteiger partial charge in [0, 0.05) is 35.5 Å². The highest BCUT2D eigenvalue weighted by Crippen LogP contribution is 2.31. The molecule has 1 fully saturated rings. The van der Waals surface area contributed by atoms with E-state index in [0.29, 0.717) is 24.3 Å². The van der Waals surface area contributed by atoms with Crippen molar-refractivity contribution in [2.24, 2.45) is 0 Å². The summed E-state index contributed by atoms with van der Waals surface area (Å²) in [5, 5.41) is 2.72. The lowest BCUT2D eigenvalue weighted by molar-refractivity contribution is -0.0947. The number of likely N-dealkylation sites (tertiary alicyclic amines) is 1. The zero-order valence-corrected chi connectivity index (χ0v) is 12.8. The maximum absolute atomic E-state index is 12.5. The molecular weight excluding hydrogens is 286 g/mol. The molecule has 0 bridgehead atoms. The van der Waals surface area contributed by atoms with Gasteiger partial charge in [-0.2, -0.15) is 0 Å². The Bertz CT molecular complexity index is 664. The number of amides is 1. The van der Waals surface area contributed by atoms with E-state index in [2.05, 4.69) is 4.98 Å². The molecule has 2 N–H and O–H groups in total. The third-order valence-corrected chi connectivity index (χ3v) is 4.60. The number of rotatable bonds is 3. The molecule has 5 nitrogen and oxygen atoms in total. The minimum absolute atomic E-state index is 0.00216. The van der Waals surface area contributed by atoms with E-state index in [1.807, 2.05) is 18.4 Å². The van der Waals surface area contributed by atoms with Crippen molar-refractivity contribution in [2.45, 2.75) is 12.5 Å². The van der Waals surface area contributed by atoms with Crippen molar-refractivity contribution in [3.8, 4) is 10.6 Å². The molecule has 2 heterocycles. The third kappa shape index (κ3) is 2.52. The molecule has 1 amide bonds. The van der Waals surface area contributed by atoms with Gasteiger partial charge in [0.25, 0.3) is 5.91 Å². The van der Waals surface area contributed by atoms with Crippen LogP contribution in [0, 0.1) is 0 Å². The van der Waals surface area contributed by atoms with E-state index < -0.39 is 0 Å². The second-order valence-corrected chi connectivity index (χ2v) is 6.35. The quantitative estimate of drug-likeness (QED) is 0.883. The number of nitrogens with two attached hydrogens (primary N) is 1. The van der Waals surface area contributed by atoms with Crippen LogP contribution in [0.3, 0.4) is 0 Å². The number of carbonyl (C=O) groups is 1. The van der Waals surface area contributed by atoms with Gasteiger partial charge in [-0.05, 0) is 25.1 Å². The number of methoxy groups -OCH3 is 1. The fourth-order valence-corrected chi connectivity index (χ4v) is 3.12. The maximum atomic E-state index is 12.5. The monoisotopic (exact) mass is 303 g/mol. The topological polar surface area (TPSA) is 68.5 Å². The van der Waals surface area contributed by atoms with Crippen LogP contribution < -0.4 is 5.73 Å². The Morgan fingerprint density at radius 3 is 2.86 bits per heavy atom. The first-order chi connectivity index (χ1) is 10.0. The third-order valence-electron chi connectivity index (χ3n) is 3.79. The number of carbonyl (C=O) groups excluding carboxylic acids is 1. The zero-order chi connectivity index (χ0) is 15.0. The van der Waals surface area contributed by atoms with Crippen molar-refractivity contribution in [2.75, 3.05) is 25.9 Å². The second-order valence-electron chi connectivity index (χ2n) is 5.45. The number of thiazole rings is 1. The molecule has 1 aromatic heterocycles.